The Kier molecular flexibility index (Phi) is 5.30. The SMILES string of the molecule is CC1(c2ccsc2)NC(=O)N(CC(=O)N2N=C(c3ccc(Cl)cc3)CC2c2ccco2)C1=O. The topological polar surface area (TPSA) is 95.2 Å². The molecule has 2 aliphatic rings. The van der Waals surface area contributed by atoms with Crippen molar-refractivity contribution in [1.82, 2.24) is 15.2 Å². The molecule has 2 unspecified atom stereocenters. The van der Waals surface area contributed by atoms with Crippen LogP contribution in [0.25, 0.3) is 0 Å². The van der Waals surface area contributed by atoms with Crippen LogP contribution in [0.3, 0.4) is 0 Å². The Morgan fingerprint density at radius 1 is 1.27 bits per heavy atom. The molecule has 0 radical (unpaired) electrons. The summed E-state index contributed by atoms with van der Waals surface area (Å²) >= 11 is 7.42. The largest absolute Gasteiger partial charge is 0.467 e. The number of furan rings is 1. The van der Waals surface area contributed by atoms with Gasteiger partial charge in [0.1, 0.15) is 23.9 Å². The van der Waals surface area contributed by atoms with Crippen LogP contribution in [-0.4, -0.2) is 40.0 Å². The van der Waals surface area contributed by atoms with Crippen LogP contribution < -0.4 is 5.32 Å². The molecule has 0 spiro atoms. The van der Waals surface area contributed by atoms with E-state index in [1.54, 1.807) is 42.6 Å². The minimum atomic E-state index is -1.21. The first kappa shape index (κ1) is 21.4. The van der Waals surface area contributed by atoms with Crippen molar-refractivity contribution in [3.63, 3.8) is 0 Å². The first-order valence-corrected chi connectivity index (χ1v) is 11.5. The lowest BCUT2D eigenvalue weighted by atomic mass is 9.95. The minimum absolute atomic E-state index is 0.424. The van der Waals surface area contributed by atoms with Gasteiger partial charge in [-0.05, 0) is 59.1 Å². The number of halogens is 1. The van der Waals surface area contributed by atoms with Crippen molar-refractivity contribution in [2.24, 2.45) is 5.10 Å². The van der Waals surface area contributed by atoms with Gasteiger partial charge in [-0.2, -0.15) is 16.4 Å². The van der Waals surface area contributed by atoms with E-state index in [2.05, 4.69) is 10.4 Å². The van der Waals surface area contributed by atoms with Crippen molar-refractivity contribution in [1.29, 1.82) is 0 Å². The Hall–Kier alpha value is -3.43. The van der Waals surface area contributed by atoms with Gasteiger partial charge in [-0.1, -0.05) is 23.7 Å². The molecule has 1 aromatic carbocycles. The molecular weight excluding hydrogens is 464 g/mol. The summed E-state index contributed by atoms with van der Waals surface area (Å²) in [6.07, 6.45) is 1.95. The predicted octanol–water partition coefficient (Wildman–Crippen LogP) is 4.14. The normalized spacial score (nSPS) is 22.6. The number of hydrazone groups is 1. The van der Waals surface area contributed by atoms with Gasteiger partial charge < -0.3 is 9.73 Å². The van der Waals surface area contributed by atoms with E-state index in [9.17, 15) is 14.4 Å². The molecule has 2 aromatic heterocycles. The van der Waals surface area contributed by atoms with Crippen molar-refractivity contribution in [2.45, 2.75) is 24.9 Å². The quantitative estimate of drug-likeness (QED) is 0.553. The van der Waals surface area contributed by atoms with E-state index in [4.69, 9.17) is 16.0 Å². The zero-order valence-corrected chi connectivity index (χ0v) is 19.1. The predicted molar refractivity (Wildman–Crippen MR) is 123 cm³/mol. The highest BCUT2D eigenvalue weighted by atomic mass is 35.5. The highest BCUT2D eigenvalue weighted by molar-refractivity contribution is 7.08. The van der Waals surface area contributed by atoms with Crippen molar-refractivity contribution in [3.8, 4) is 0 Å². The van der Waals surface area contributed by atoms with Gasteiger partial charge in [-0.15, -0.1) is 0 Å². The minimum Gasteiger partial charge on any atom is -0.467 e. The average molecular weight is 483 g/mol. The molecule has 2 atom stereocenters. The van der Waals surface area contributed by atoms with Crippen molar-refractivity contribution in [2.75, 3.05) is 6.54 Å². The summed E-state index contributed by atoms with van der Waals surface area (Å²) in [5.41, 5.74) is 0.979. The van der Waals surface area contributed by atoms with E-state index >= 15 is 0 Å². The zero-order chi connectivity index (χ0) is 23.2. The molecule has 1 fully saturated rings. The number of thiophene rings is 1. The number of hydrogen-bond acceptors (Lipinski definition) is 6. The summed E-state index contributed by atoms with van der Waals surface area (Å²) in [7, 11) is 0. The summed E-state index contributed by atoms with van der Waals surface area (Å²) in [6.45, 7) is 1.21. The fraction of sp³-hybridized carbons (Fsp3) is 0.217. The van der Waals surface area contributed by atoms with Crippen LogP contribution in [0.2, 0.25) is 5.02 Å². The lowest BCUT2D eigenvalue weighted by molar-refractivity contribution is -0.140. The fourth-order valence-corrected chi connectivity index (χ4v) is 4.94. The molecule has 0 saturated carbocycles. The van der Waals surface area contributed by atoms with E-state index in [0.717, 1.165) is 10.5 Å². The second-order valence-electron chi connectivity index (χ2n) is 7.99. The Labute approximate surface area is 198 Å². The number of amides is 4. The summed E-state index contributed by atoms with van der Waals surface area (Å²) in [5, 5.41) is 12.8. The molecule has 168 valence electrons. The molecule has 1 saturated heterocycles. The Balaban J connectivity index is 1.41. The van der Waals surface area contributed by atoms with Gasteiger partial charge in [0.2, 0.25) is 0 Å². The first-order valence-electron chi connectivity index (χ1n) is 10.2. The van der Waals surface area contributed by atoms with E-state index in [-0.39, 0.29) is 0 Å². The van der Waals surface area contributed by atoms with E-state index in [1.165, 1.54) is 22.6 Å². The average Bonchev–Trinajstić information content (AvgIpc) is 3.59. The fourth-order valence-electron chi connectivity index (χ4n) is 4.05. The Morgan fingerprint density at radius 3 is 2.73 bits per heavy atom. The highest BCUT2D eigenvalue weighted by Crippen LogP contribution is 2.34. The van der Waals surface area contributed by atoms with Crippen molar-refractivity contribution < 1.29 is 18.8 Å². The number of rotatable bonds is 5. The van der Waals surface area contributed by atoms with Gasteiger partial charge in [-0.25, -0.2) is 9.80 Å². The zero-order valence-electron chi connectivity index (χ0n) is 17.5. The van der Waals surface area contributed by atoms with Gasteiger partial charge in [0.25, 0.3) is 11.8 Å². The van der Waals surface area contributed by atoms with Crippen molar-refractivity contribution in [3.05, 3.63) is 81.4 Å². The molecule has 3 aromatic rings. The molecule has 4 heterocycles. The summed E-state index contributed by atoms with van der Waals surface area (Å²) in [4.78, 5) is 40.0. The van der Waals surface area contributed by atoms with E-state index < -0.39 is 36.0 Å². The molecule has 1 N–H and O–H groups in total. The van der Waals surface area contributed by atoms with Gasteiger partial charge in [-0.3, -0.25) is 14.5 Å². The molecular formula is C23H19ClN4O4S. The van der Waals surface area contributed by atoms with E-state index in [0.29, 0.717) is 28.5 Å². The second kappa shape index (κ2) is 8.17. The number of nitrogens with one attached hydrogen (secondary N) is 1. The number of carbonyl (C=O) groups is 3. The van der Waals surface area contributed by atoms with Crippen LogP contribution in [0.5, 0.6) is 0 Å². The van der Waals surface area contributed by atoms with Crippen LogP contribution in [0.4, 0.5) is 4.79 Å². The molecule has 33 heavy (non-hydrogen) atoms. The number of nitrogens with zero attached hydrogens (tertiary/aromatic N) is 3. The van der Waals surface area contributed by atoms with Crippen LogP contribution in [-0.2, 0) is 15.1 Å². The third-order valence-corrected chi connectivity index (χ3v) is 6.82. The Bertz CT molecular complexity index is 1240. The van der Waals surface area contributed by atoms with Gasteiger partial charge in [0.15, 0.2) is 0 Å². The van der Waals surface area contributed by atoms with E-state index in [1.807, 2.05) is 17.5 Å². The second-order valence-corrected chi connectivity index (χ2v) is 9.20. The third kappa shape index (κ3) is 3.73. The maximum Gasteiger partial charge on any atom is 0.325 e. The van der Waals surface area contributed by atoms with Gasteiger partial charge >= 0.3 is 6.03 Å². The van der Waals surface area contributed by atoms with Crippen LogP contribution in [0.15, 0.2) is 69.0 Å². The maximum atomic E-state index is 13.3. The number of imide groups is 1. The van der Waals surface area contributed by atoms with Crippen LogP contribution in [0.1, 0.15) is 36.3 Å². The molecule has 2 aliphatic heterocycles. The van der Waals surface area contributed by atoms with Crippen LogP contribution in [0, 0.1) is 0 Å². The molecule has 0 bridgehead atoms. The summed E-state index contributed by atoms with van der Waals surface area (Å²) < 4.78 is 5.55. The summed E-state index contributed by atoms with van der Waals surface area (Å²) in [6, 6.07) is 11.4. The standard InChI is InChI=1S/C23H19ClN4O4S/c1-23(15-8-10-33-13-15)21(30)27(22(31)25-23)12-20(29)28-18(19-3-2-9-32-19)11-17(26-28)14-4-6-16(24)7-5-14/h2-10,13,18H,11-12H2,1H3,(H,25,31). The molecule has 10 heteroatoms. The first-order chi connectivity index (χ1) is 15.9. The third-order valence-electron chi connectivity index (χ3n) is 5.88. The maximum absolute atomic E-state index is 13.3. The monoisotopic (exact) mass is 482 g/mol. The molecule has 5 rings (SSSR count). The lowest BCUT2D eigenvalue weighted by Crippen LogP contribution is -2.43. The number of carbonyl (C=O) groups excluding carboxylic acids is 3. The number of urea groups is 1. The molecule has 8 nitrogen and oxygen atoms in total. The van der Waals surface area contributed by atoms with Gasteiger partial charge in [0, 0.05) is 11.4 Å². The summed E-state index contributed by atoms with van der Waals surface area (Å²) in [5.74, 6) is -0.398. The smallest absolute Gasteiger partial charge is 0.325 e. The number of hydrogen-bond donors (Lipinski definition) is 1. The lowest BCUT2D eigenvalue weighted by Gasteiger charge is -2.23. The molecule has 4 amide bonds. The van der Waals surface area contributed by atoms with Crippen LogP contribution >= 0.6 is 22.9 Å². The van der Waals surface area contributed by atoms with Crippen molar-refractivity contribution >= 4 is 46.5 Å². The molecule has 0 aliphatic carbocycles. The highest BCUT2D eigenvalue weighted by Gasteiger charge is 2.50. The van der Waals surface area contributed by atoms with Gasteiger partial charge in [0.05, 0.1) is 12.0 Å². The number of benzene rings is 1. The Morgan fingerprint density at radius 2 is 2.06 bits per heavy atom.